The maximum Gasteiger partial charge on any atom is 0.290 e. The van der Waals surface area contributed by atoms with Crippen LogP contribution in [0, 0.1) is 22.7 Å². The molecule has 4 nitrogen and oxygen atoms in total. The normalized spacial score (nSPS) is 27.1. The van der Waals surface area contributed by atoms with Crippen molar-refractivity contribution in [3.63, 3.8) is 0 Å². The van der Waals surface area contributed by atoms with Gasteiger partial charge < -0.3 is 14.8 Å². The highest BCUT2D eigenvalue weighted by Crippen LogP contribution is 2.61. The first kappa shape index (κ1) is 18.1. The van der Waals surface area contributed by atoms with E-state index in [1.807, 2.05) is 20.8 Å². The molecule has 2 rings (SSSR count). The van der Waals surface area contributed by atoms with E-state index in [0.29, 0.717) is 11.8 Å². The van der Waals surface area contributed by atoms with E-state index in [-0.39, 0.29) is 11.9 Å². The molecule has 2 aliphatic rings. The van der Waals surface area contributed by atoms with Crippen molar-refractivity contribution in [1.29, 1.82) is 0 Å². The molecule has 112 valence electrons. The van der Waals surface area contributed by atoms with Crippen LogP contribution in [-0.4, -0.2) is 42.9 Å². The second-order valence-electron chi connectivity index (χ2n) is 7.29. The summed E-state index contributed by atoms with van der Waals surface area (Å²) in [5, 5.41) is 6.89. The van der Waals surface area contributed by atoms with E-state index in [9.17, 15) is 4.79 Å². The van der Waals surface area contributed by atoms with Gasteiger partial charge in [-0.15, -0.1) is 0 Å². The minimum atomic E-state index is -0.250. The summed E-state index contributed by atoms with van der Waals surface area (Å²) < 4.78 is 0. The van der Waals surface area contributed by atoms with Crippen LogP contribution in [0.4, 0.5) is 0 Å². The standard InChI is InChI=1S/C8H15N.C6H12O.CH2O2/c1-8(2)6-4-9(3)5-7(6)8;1-6(2,3)4-5-7;2-1-3/h6-7H,4-5H2,1-3H3;5H,4H2,1-3H3;1H,(H,2,3). The third-order valence-electron chi connectivity index (χ3n) is 4.00. The molecule has 1 N–H and O–H groups in total. The number of aldehydes is 1. The molecule has 0 spiro atoms. The predicted molar refractivity (Wildman–Crippen MR) is 77.1 cm³/mol. The van der Waals surface area contributed by atoms with E-state index in [1.54, 1.807) is 0 Å². The van der Waals surface area contributed by atoms with Crippen LogP contribution in [0.5, 0.6) is 0 Å². The summed E-state index contributed by atoms with van der Waals surface area (Å²) in [5.74, 6) is 2.06. The van der Waals surface area contributed by atoms with E-state index in [0.717, 1.165) is 18.1 Å². The van der Waals surface area contributed by atoms with Crippen LogP contribution >= 0.6 is 0 Å². The van der Waals surface area contributed by atoms with Crippen LogP contribution in [0.3, 0.4) is 0 Å². The molecule has 1 aliphatic heterocycles. The number of likely N-dealkylation sites (tertiary alicyclic amines) is 1. The van der Waals surface area contributed by atoms with Gasteiger partial charge >= 0.3 is 0 Å². The molecule has 1 aliphatic carbocycles. The van der Waals surface area contributed by atoms with Gasteiger partial charge in [0.2, 0.25) is 0 Å². The summed E-state index contributed by atoms with van der Waals surface area (Å²) in [6.07, 6.45) is 1.62. The molecule has 1 saturated carbocycles. The molecule has 0 aromatic heterocycles. The lowest BCUT2D eigenvalue weighted by Gasteiger charge is -2.15. The third-order valence-corrected chi connectivity index (χ3v) is 4.00. The second kappa shape index (κ2) is 7.04. The molecule has 0 bridgehead atoms. The van der Waals surface area contributed by atoms with Crippen LogP contribution in [0.2, 0.25) is 0 Å². The van der Waals surface area contributed by atoms with Crippen LogP contribution in [-0.2, 0) is 9.59 Å². The number of piperidine rings is 1. The van der Waals surface area contributed by atoms with Crippen molar-refractivity contribution >= 4 is 12.8 Å². The third kappa shape index (κ3) is 6.19. The van der Waals surface area contributed by atoms with Crippen LogP contribution in [0.15, 0.2) is 0 Å². The highest BCUT2D eigenvalue weighted by Gasteiger charge is 2.60. The molecule has 0 aromatic rings. The first-order valence-electron chi connectivity index (χ1n) is 6.80. The summed E-state index contributed by atoms with van der Waals surface area (Å²) in [6, 6.07) is 0. The summed E-state index contributed by atoms with van der Waals surface area (Å²) in [7, 11) is 2.22. The van der Waals surface area contributed by atoms with Gasteiger partial charge in [-0.25, -0.2) is 0 Å². The molecule has 1 saturated heterocycles. The van der Waals surface area contributed by atoms with Gasteiger partial charge in [0.1, 0.15) is 6.29 Å². The monoisotopic (exact) mass is 271 g/mol. The topological polar surface area (TPSA) is 57.6 Å². The van der Waals surface area contributed by atoms with Gasteiger partial charge in [0.25, 0.3) is 6.47 Å². The zero-order valence-electron chi connectivity index (χ0n) is 13.1. The number of carbonyl (C=O) groups excluding carboxylic acids is 1. The first-order valence-corrected chi connectivity index (χ1v) is 6.80. The molecule has 2 atom stereocenters. The maximum atomic E-state index is 9.82. The Labute approximate surface area is 117 Å². The number of nitrogens with zero attached hydrogens (tertiary/aromatic N) is 1. The lowest BCUT2D eigenvalue weighted by molar-refractivity contribution is -0.122. The number of hydrogen-bond donors (Lipinski definition) is 1. The van der Waals surface area contributed by atoms with Gasteiger partial charge in [-0.3, -0.25) is 4.79 Å². The fraction of sp³-hybridized carbons (Fsp3) is 0.867. The summed E-state index contributed by atoms with van der Waals surface area (Å²) >= 11 is 0. The van der Waals surface area contributed by atoms with Gasteiger partial charge in [0, 0.05) is 19.5 Å². The van der Waals surface area contributed by atoms with Crippen molar-refractivity contribution in [2.75, 3.05) is 20.1 Å². The minimum absolute atomic E-state index is 0.182. The Hall–Kier alpha value is -0.900. The Morgan fingerprint density at radius 2 is 1.58 bits per heavy atom. The minimum Gasteiger partial charge on any atom is -0.483 e. The number of hydrogen-bond acceptors (Lipinski definition) is 3. The van der Waals surface area contributed by atoms with E-state index in [2.05, 4.69) is 25.8 Å². The molecule has 0 amide bonds. The molecule has 0 aromatic carbocycles. The van der Waals surface area contributed by atoms with E-state index in [1.165, 1.54) is 13.1 Å². The predicted octanol–water partition coefficient (Wildman–Crippen LogP) is 2.53. The van der Waals surface area contributed by atoms with Crippen molar-refractivity contribution in [3.05, 3.63) is 0 Å². The number of fused-ring (bicyclic) bond motifs is 1. The van der Waals surface area contributed by atoms with Gasteiger partial charge in [-0.1, -0.05) is 34.6 Å². The fourth-order valence-corrected chi connectivity index (χ4v) is 2.58. The van der Waals surface area contributed by atoms with Gasteiger partial charge in [0.15, 0.2) is 0 Å². The zero-order chi connectivity index (χ0) is 15.3. The zero-order valence-corrected chi connectivity index (χ0v) is 13.1. The quantitative estimate of drug-likeness (QED) is 0.745. The first-order chi connectivity index (χ1) is 8.60. The Morgan fingerprint density at radius 3 is 1.74 bits per heavy atom. The lowest BCUT2D eigenvalue weighted by Crippen LogP contribution is -2.21. The van der Waals surface area contributed by atoms with Crippen molar-refractivity contribution in [2.45, 2.75) is 41.0 Å². The highest BCUT2D eigenvalue weighted by atomic mass is 16.3. The van der Waals surface area contributed by atoms with Gasteiger partial charge in [-0.05, 0) is 29.7 Å². The lowest BCUT2D eigenvalue weighted by atomic mass is 9.93. The average molecular weight is 271 g/mol. The largest absolute Gasteiger partial charge is 0.483 e. The molecule has 1 heterocycles. The van der Waals surface area contributed by atoms with Gasteiger partial charge in [0.05, 0.1) is 0 Å². The van der Waals surface area contributed by atoms with Crippen molar-refractivity contribution < 1.29 is 14.7 Å². The molecule has 0 radical (unpaired) electrons. The highest BCUT2D eigenvalue weighted by molar-refractivity contribution is 5.50. The Bertz CT molecular complexity index is 280. The molecular formula is C15H29NO3. The number of carboxylic acid groups (broad SMARTS) is 1. The summed E-state index contributed by atoms with van der Waals surface area (Å²) in [5.41, 5.74) is 0.883. The molecular weight excluding hydrogens is 242 g/mol. The fourth-order valence-electron chi connectivity index (χ4n) is 2.58. The summed E-state index contributed by atoms with van der Waals surface area (Å²) in [6.45, 7) is 13.4. The summed E-state index contributed by atoms with van der Waals surface area (Å²) in [4.78, 5) is 20.6. The molecule has 2 unspecified atom stereocenters. The Balaban J connectivity index is 0.000000292. The smallest absolute Gasteiger partial charge is 0.290 e. The van der Waals surface area contributed by atoms with Crippen molar-refractivity contribution in [3.8, 4) is 0 Å². The second-order valence-corrected chi connectivity index (χ2v) is 7.29. The average Bonchev–Trinajstić information content (AvgIpc) is 2.60. The van der Waals surface area contributed by atoms with Crippen molar-refractivity contribution in [2.24, 2.45) is 22.7 Å². The van der Waals surface area contributed by atoms with Gasteiger partial charge in [-0.2, -0.15) is 0 Å². The van der Waals surface area contributed by atoms with Crippen LogP contribution in [0.1, 0.15) is 41.0 Å². The van der Waals surface area contributed by atoms with E-state index >= 15 is 0 Å². The molecule has 2 fully saturated rings. The van der Waals surface area contributed by atoms with Crippen LogP contribution < -0.4 is 0 Å². The van der Waals surface area contributed by atoms with E-state index in [4.69, 9.17) is 9.90 Å². The van der Waals surface area contributed by atoms with Crippen molar-refractivity contribution in [1.82, 2.24) is 4.90 Å². The Morgan fingerprint density at radius 1 is 1.21 bits per heavy atom. The molecule has 19 heavy (non-hydrogen) atoms. The number of carbonyl (C=O) groups is 2. The Kier molecular flexibility index (Phi) is 6.70. The van der Waals surface area contributed by atoms with Crippen LogP contribution in [0.25, 0.3) is 0 Å². The van der Waals surface area contributed by atoms with E-state index < -0.39 is 0 Å². The number of rotatable bonds is 1. The SMILES string of the molecule is CC(C)(C)CC=O.CN1CC2C(C1)C2(C)C.O=CO. The molecule has 4 heteroatoms. The maximum absolute atomic E-state index is 9.82.